The van der Waals surface area contributed by atoms with E-state index in [9.17, 15) is 9.59 Å². The van der Waals surface area contributed by atoms with Crippen molar-refractivity contribution in [1.82, 2.24) is 4.90 Å². The minimum absolute atomic E-state index is 0.0607. The monoisotopic (exact) mass is 425 g/mol. The summed E-state index contributed by atoms with van der Waals surface area (Å²) in [6.07, 6.45) is 9.60. The number of ketones is 2. The van der Waals surface area contributed by atoms with Crippen molar-refractivity contribution >= 4 is 23.2 Å². The fourth-order valence-electron chi connectivity index (χ4n) is 4.85. The molecule has 156 valence electrons. The van der Waals surface area contributed by atoms with Crippen LogP contribution in [0, 0.1) is 12.3 Å². The van der Waals surface area contributed by atoms with Crippen molar-refractivity contribution in [2.75, 3.05) is 20.8 Å². The van der Waals surface area contributed by atoms with Gasteiger partial charge in [-0.1, -0.05) is 17.5 Å². The first-order valence-electron chi connectivity index (χ1n) is 10.2. The van der Waals surface area contributed by atoms with E-state index in [4.69, 9.17) is 27.5 Å². The summed E-state index contributed by atoms with van der Waals surface area (Å²) in [5, 5.41) is 0.342. The average molecular weight is 426 g/mol. The van der Waals surface area contributed by atoms with E-state index in [0.717, 1.165) is 42.6 Å². The fourth-order valence-corrected chi connectivity index (χ4v) is 5.12. The van der Waals surface area contributed by atoms with Gasteiger partial charge >= 0.3 is 0 Å². The highest BCUT2D eigenvalue weighted by Crippen LogP contribution is 2.50. The van der Waals surface area contributed by atoms with Gasteiger partial charge in [-0.25, -0.2) is 0 Å². The third-order valence-electron chi connectivity index (χ3n) is 6.13. The minimum atomic E-state index is -0.431. The van der Waals surface area contributed by atoms with Crippen LogP contribution in [0.4, 0.5) is 0 Å². The van der Waals surface area contributed by atoms with E-state index >= 15 is 0 Å². The molecule has 0 fully saturated rings. The van der Waals surface area contributed by atoms with Gasteiger partial charge < -0.3 is 14.4 Å². The molecule has 2 aliphatic carbocycles. The summed E-state index contributed by atoms with van der Waals surface area (Å²) in [4.78, 5) is 28.2. The van der Waals surface area contributed by atoms with Crippen molar-refractivity contribution in [3.63, 3.8) is 0 Å². The maximum atomic E-state index is 13.1. The number of benzene rings is 1. The molecule has 30 heavy (non-hydrogen) atoms. The maximum absolute atomic E-state index is 13.1. The molecule has 0 atom stereocenters. The molecule has 1 heterocycles. The molecule has 5 nitrogen and oxygen atoms in total. The van der Waals surface area contributed by atoms with Crippen molar-refractivity contribution in [3.05, 3.63) is 45.3 Å². The quantitative estimate of drug-likeness (QED) is 0.669. The number of rotatable bonds is 4. The first-order valence-corrected chi connectivity index (χ1v) is 10.6. The number of carbonyl (C=O) groups is 2. The summed E-state index contributed by atoms with van der Waals surface area (Å²) in [5.41, 5.74) is 4.24. The summed E-state index contributed by atoms with van der Waals surface area (Å²) in [7, 11) is 3.50. The largest absolute Gasteiger partial charge is 0.493 e. The van der Waals surface area contributed by atoms with E-state index in [1.165, 1.54) is 7.11 Å². The summed E-state index contributed by atoms with van der Waals surface area (Å²) in [6.45, 7) is 0.0607. The van der Waals surface area contributed by atoms with Gasteiger partial charge in [-0.3, -0.25) is 9.59 Å². The van der Waals surface area contributed by atoms with Gasteiger partial charge in [0.25, 0.3) is 0 Å². The highest BCUT2D eigenvalue weighted by molar-refractivity contribution is 6.32. The van der Waals surface area contributed by atoms with Crippen LogP contribution in [0.5, 0.6) is 11.5 Å². The molecule has 0 aromatic heterocycles. The van der Waals surface area contributed by atoms with Gasteiger partial charge in [0.1, 0.15) is 6.61 Å². The molecule has 0 saturated carbocycles. The molecule has 0 saturated heterocycles. The zero-order valence-electron chi connectivity index (χ0n) is 17.2. The molecule has 1 aromatic rings. The first kappa shape index (κ1) is 20.6. The predicted molar refractivity (Wildman–Crippen MR) is 115 cm³/mol. The van der Waals surface area contributed by atoms with Crippen molar-refractivity contribution in [1.29, 1.82) is 0 Å². The number of nitrogens with zero attached hydrogens (tertiary/aromatic N) is 1. The van der Waals surface area contributed by atoms with Gasteiger partial charge in [0.2, 0.25) is 0 Å². The zero-order valence-corrected chi connectivity index (χ0v) is 18.0. The van der Waals surface area contributed by atoms with E-state index in [2.05, 4.69) is 10.8 Å². The summed E-state index contributed by atoms with van der Waals surface area (Å²) < 4.78 is 11.1. The number of allylic oxidation sites excluding steroid dienone is 4. The lowest BCUT2D eigenvalue weighted by molar-refractivity contribution is -0.117. The van der Waals surface area contributed by atoms with E-state index < -0.39 is 5.92 Å². The Bertz CT molecular complexity index is 986. The van der Waals surface area contributed by atoms with Crippen LogP contribution in [-0.4, -0.2) is 37.2 Å². The van der Waals surface area contributed by atoms with Gasteiger partial charge in [0, 0.05) is 48.3 Å². The molecular weight excluding hydrogens is 402 g/mol. The lowest BCUT2D eigenvalue weighted by Crippen LogP contribution is -2.37. The fraction of sp³-hybridized carbons (Fsp3) is 0.417. The summed E-state index contributed by atoms with van der Waals surface area (Å²) >= 11 is 6.53. The highest BCUT2D eigenvalue weighted by Gasteiger charge is 2.42. The van der Waals surface area contributed by atoms with Gasteiger partial charge in [0.05, 0.1) is 12.1 Å². The number of carbonyl (C=O) groups excluding carboxylic acids is 2. The Morgan fingerprint density at radius 3 is 2.23 bits per heavy atom. The van der Waals surface area contributed by atoms with Crippen LogP contribution in [0.15, 0.2) is 34.7 Å². The first-order chi connectivity index (χ1) is 14.5. The summed E-state index contributed by atoms with van der Waals surface area (Å²) in [5.74, 6) is 2.98. The molecule has 6 heteroatoms. The lowest BCUT2D eigenvalue weighted by Gasteiger charge is -2.42. The number of Topliss-reactive ketones (excluding diaryl/α,β-unsaturated/α-hetero) is 2. The molecule has 4 rings (SSSR count). The normalized spacial score (nSPS) is 19.5. The molecule has 0 radical (unpaired) electrons. The zero-order chi connectivity index (χ0) is 21.4. The Hall–Kier alpha value is -2.71. The minimum Gasteiger partial charge on any atom is -0.493 e. The predicted octanol–water partition coefficient (Wildman–Crippen LogP) is 4.40. The van der Waals surface area contributed by atoms with E-state index in [-0.39, 0.29) is 18.2 Å². The highest BCUT2D eigenvalue weighted by atomic mass is 35.5. The van der Waals surface area contributed by atoms with Crippen molar-refractivity contribution in [2.45, 2.75) is 44.4 Å². The van der Waals surface area contributed by atoms with Crippen LogP contribution in [0.3, 0.4) is 0 Å². The van der Waals surface area contributed by atoms with Gasteiger partial charge in [-0.15, -0.1) is 6.42 Å². The number of ether oxygens (including phenoxy) is 2. The molecule has 0 unspecified atom stereocenters. The van der Waals surface area contributed by atoms with E-state index in [1.807, 2.05) is 13.1 Å². The third kappa shape index (κ3) is 3.30. The Morgan fingerprint density at radius 2 is 1.70 bits per heavy atom. The second-order valence-electron chi connectivity index (χ2n) is 7.79. The number of hydrogen-bond acceptors (Lipinski definition) is 5. The SMILES string of the molecule is C#CCOc1c(Cl)cc(C2C3=C(CCCC3=O)N(C)C3=C2C(=O)CCC3)cc1OC. The Balaban J connectivity index is 1.92. The molecule has 0 bridgehead atoms. The van der Waals surface area contributed by atoms with Gasteiger partial charge in [-0.05, 0) is 43.4 Å². The lowest BCUT2D eigenvalue weighted by atomic mass is 9.71. The number of terminal acetylenes is 1. The molecule has 3 aliphatic rings. The molecule has 0 spiro atoms. The van der Waals surface area contributed by atoms with Crippen LogP contribution >= 0.6 is 11.6 Å². The van der Waals surface area contributed by atoms with Crippen LogP contribution in [0.1, 0.15) is 50.0 Å². The molecule has 0 amide bonds. The van der Waals surface area contributed by atoms with Crippen molar-refractivity contribution in [2.24, 2.45) is 0 Å². The topological polar surface area (TPSA) is 55.8 Å². The summed E-state index contributed by atoms with van der Waals surface area (Å²) in [6, 6.07) is 3.58. The van der Waals surface area contributed by atoms with E-state index in [0.29, 0.717) is 40.5 Å². The molecule has 0 N–H and O–H groups in total. The number of methoxy groups -OCH3 is 1. The molecule has 1 aliphatic heterocycles. The maximum Gasteiger partial charge on any atom is 0.181 e. The Labute approximate surface area is 181 Å². The van der Waals surface area contributed by atoms with Crippen LogP contribution in [-0.2, 0) is 9.59 Å². The van der Waals surface area contributed by atoms with Gasteiger partial charge in [-0.2, -0.15) is 0 Å². The second-order valence-corrected chi connectivity index (χ2v) is 8.20. The number of hydrogen-bond donors (Lipinski definition) is 0. The van der Waals surface area contributed by atoms with Gasteiger partial charge in [0.15, 0.2) is 23.1 Å². The van der Waals surface area contributed by atoms with E-state index in [1.54, 1.807) is 6.07 Å². The third-order valence-corrected chi connectivity index (χ3v) is 6.41. The molecule has 1 aromatic carbocycles. The average Bonchev–Trinajstić information content (AvgIpc) is 2.74. The van der Waals surface area contributed by atoms with Crippen LogP contribution in [0.2, 0.25) is 5.02 Å². The Morgan fingerprint density at radius 1 is 1.10 bits per heavy atom. The smallest absolute Gasteiger partial charge is 0.181 e. The van der Waals surface area contributed by atoms with Crippen molar-refractivity contribution < 1.29 is 19.1 Å². The van der Waals surface area contributed by atoms with Crippen LogP contribution in [0.25, 0.3) is 0 Å². The number of halogens is 1. The standard InChI is InChI=1S/C24H24ClNO4/c1-4-11-30-24-15(25)12-14(13-20(24)29-3)21-22-16(7-5-9-18(22)27)26(2)17-8-6-10-19(28)23(17)21/h1,12-13,21H,5-11H2,2-3H3. The second kappa shape index (κ2) is 8.20. The Kier molecular flexibility index (Phi) is 5.62. The molecular formula is C24H24ClNO4. The van der Waals surface area contributed by atoms with Crippen LogP contribution < -0.4 is 9.47 Å². The van der Waals surface area contributed by atoms with Crippen molar-refractivity contribution in [3.8, 4) is 23.8 Å².